The molecule has 5 rings (SSSR count). The van der Waals surface area contributed by atoms with Gasteiger partial charge in [-0.15, -0.1) is 0 Å². The third-order valence-electron chi connectivity index (χ3n) is 5.74. The van der Waals surface area contributed by atoms with Gasteiger partial charge in [-0.05, 0) is 53.3 Å². The molecule has 0 aliphatic heterocycles. The Hall–Kier alpha value is -4.06. The maximum Gasteiger partial charge on any atom is 0.224 e. The van der Waals surface area contributed by atoms with Crippen LogP contribution in [0.15, 0.2) is 85.1 Å². The first kappa shape index (κ1) is 19.9. The van der Waals surface area contributed by atoms with Gasteiger partial charge in [0.2, 0.25) is 5.91 Å². The molecular weight excluding hydrogens is 400 g/mol. The maximum absolute atomic E-state index is 12.6. The molecule has 1 aliphatic rings. The van der Waals surface area contributed by atoms with Crippen LogP contribution in [-0.2, 0) is 11.3 Å². The number of aromatic amines is 1. The predicted octanol–water partition coefficient (Wildman–Crippen LogP) is 4.87. The van der Waals surface area contributed by atoms with E-state index in [4.69, 9.17) is 10.5 Å². The lowest BCUT2D eigenvalue weighted by Crippen LogP contribution is -2.24. The molecule has 0 radical (unpaired) electrons. The standard InChI is InChI=1S/C26H24N4O2/c27-26-29-16-24(30-26)19-8-6-17(7-9-19)15-28-25(31)23-14-22(23)18-10-12-21(13-11-18)32-20-4-2-1-3-5-20/h1-13,16,22-23H,14-15H2,(H,28,31)(H3,27,29,30)/t22-,23-/m1/s1. The molecule has 6 heteroatoms. The fourth-order valence-corrected chi connectivity index (χ4v) is 3.87. The van der Waals surface area contributed by atoms with Crippen molar-refractivity contribution in [3.63, 3.8) is 0 Å². The van der Waals surface area contributed by atoms with Crippen LogP contribution in [-0.4, -0.2) is 15.9 Å². The lowest BCUT2D eigenvalue weighted by Gasteiger charge is -2.08. The summed E-state index contributed by atoms with van der Waals surface area (Å²) in [7, 11) is 0. The number of H-pyrrole nitrogens is 1. The van der Waals surface area contributed by atoms with E-state index >= 15 is 0 Å². The fourth-order valence-electron chi connectivity index (χ4n) is 3.87. The highest BCUT2D eigenvalue weighted by Crippen LogP contribution is 2.47. The molecule has 1 amide bonds. The quantitative estimate of drug-likeness (QED) is 0.395. The minimum Gasteiger partial charge on any atom is -0.457 e. The van der Waals surface area contributed by atoms with Gasteiger partial charge in [0, 0.05) is 12.5 Å². The second-order valence-corrected chi connectivity index (χ2v) is 8.03. The normalized spacial score (nSPS) is 17.0. The minimum absolute atomic E-state index is 0.0307. The van der Waals surface area contributed by atoms with Gasteiger partial charge in [-0.3, -0.25) is 4.79 Å². The van der Waals surface area contributed by atoms with E-state index in [1.54, 1.807) is 6.20 Å². The van der Waals surface area contributed by atoms with E-state index in [-0.39, 0.29) is 17.7 Å². The van der Waals surface area contributed by atoms with Crippen LogP contribution in [0, 0.1) is 5.92 Å². The molecule has 1 saturated carbocycles. The topological polar surface area (TPSA) is 93.0 Å². The summed E-state index contributed by atoms with van der Waals surface area (Å²) in [6.07, 6.45) is 2.59. The van der Waals surface area contributed by atoms with Crippen LogP contribution in [0.4, 0.5) is 5.95 Å². The van der Waals surface area contributed by atoms with E-state index in [1.165, 1.54) is 5.56 Å². The highest BCUT2D eigenvalue weighted by atomic mass is 16.5. The number of nitrogens with two attached hydrogens (primary N) is 1. The third kappa shape index (κ3) is 4.49. The maximum atomic E-state index is 12.6. The zero-order valence-electron chi connectivity index (χ0n) is 17.5. The largest absolute Gasteiger partial charge is 0.457 e. The van der Waals surface area contributed by atoms with Crippen molar-refractivity contribution in [1.29, 1.82) is 0 Å². The third-order valence-corrected chi connectivity index (χ3v) is 5.74. The molecule has 0 unspecified atom stereocenters. The van der Waals surface area contributed by atoms with Gasteiger partial charge in [-0.25, -0.2) is 4.98 Å². The second kappa shape index (κ2) is 8.59. The molecular formula is C26H24N4O2. The van der Waals surface area contributed by atoms with Crippen LogP contribution < -0.4 is 15.8 Å². The Morgan fingerprint density at radius 1 is 1.00 bits per heavy atom. The van der Waals surface area contributed by atoms with E-state index in [9.17, 15) is 4.79 Å². The summed E-state index contributed by atoms with van der Waals surface area (Å²) in [5.41, 5.74) is 9.74. The van der Waals surface area contributed by atoms with Gasteiger partial charge in [0.15, 0.2) is 5.95 Å². The van der Waals surface area contributed by atoms with Gasteiger partial charge in [0.05, 0.1) is 11.9 Å². The van der Waals surface area contributed by atoms with Crippen molar-refractivity contribution in [3.05, 3.63) is 96.2 Å². The molecule has 1 heterocycles. The molecule has 1 fully saturated rings. The molecule has 3 aromatic carbocycles. The molecule has 0 saturated heterocycles. The van der Waals surface area contributed by atoms with Crippen molar-refractivity contribution in [2.45, 2.75) is 18.9 Å². The molecule has 0 bridgehead atoms. The Bertz CT molecular complexity index is 1200. The van der Waals surface area contributed by atoms with Crippen LogP contribution in [0.1, 0.15) is 23.5 Å². The molecule has 2 atom stereocenters. The van der Waals surface area contributed by atoms with Crippen LogP contribution in [0.25, 0.3) is 11.3 Å². The Balaban J connectivity index is 1.12. The monoisotopic (exact) mass is 424 g/mol. The summed E-state index contributed by atoms with van der Waals surface area (Å²) < 4.78 is 5.84. The summed E-state index contributed by atoms with van der Waals surface area (Å²) in [4.78, 5) is 19.6. The van der Waals surface area contributed by atoms with Crippen molar-refractivity contribution in [2.24, 2.45) is 5.92 Å². The van der Waals surface area contributed by atoms with Crippen molar-refractivity contribution in [2.75, 3.05) is 5.73 Å². The Morgan fingerprint density at radius 3 is 2.41 bits per heavy atom. The zero-order chi connectivity index (χ0) is 21.9. The predicted molar refractivity (Wildman–Crippen MR) is 124 cm³/mol. The van der Waals surface area contributed by atoms with E-state index in [0.717, 1.165) is 34.7 Å². The molecule has 32 heavy (non-hydrogen) atoms. The van der Waals surface area contributed by atoms with Crippen molar-refractivity contribution in [1.82, 2.24) is 15.3 Å². The van der Waals surface area contributed by atoms with Crippen molar-refractivity contribution >= 4 is 11.9 Å². The molecule has 1 aromatic heterocycles. The molecule has 0 spiro atoms. The minimum atomic E-state index is 0.0307. The number of imidazole rings is 1. The number of hydrogen-bond acceptors (Lipinski definition) is 4. The number of para-hydroxylation sites is 1. The summed E-state index contributed by atoms with van der Waals surface area (Å²) >= 11 is 0. The number of benzene rings is 3. The smallest absolute Gasteiger partial charge is 0.224 e. The Kier molecular flexibility index (Phi) is 5.34. The highest BCUT2D eigenvalue weighted by molar-refractivity contribution is 5.82. The number of rotatable bonds is 7. The summed E-state index contributed by atoms with van der Waals surface area (Å²) in [5.74, 6) is 2.41. The SMILES string of the molecule is Nc1ncc(-c2ccc(CNC(=O)[C@@H]3C[C@@H]3c3ccc(Oc4ccccc4)cc3)cc2)[nH]1. The summed E-state index contributed by atoms with van der Waals surface area (Å²) in [5, 5.41) is 3.06. The van der Waals surface area contributed by atoms with Crippen LogP contribution in [0.5, 0.6) is 11.5 Å². The van der Waals surface area contributed by atoms with E-state index in [1.807, 2.05) is 66.7 Å². The van der Waals surface area contributed by atoms with Crippen LogP contribution in [0.2, 0.25) is 0 Å². The number of carbonyl (C=O) groups is 1. The first-order valence-corrected chi connectivity index (χ1v) is 10.7. The fraction of sp³-hybridized carbons (Fsp3) is 0.154. The Labute approximate surface area is 186 Å². The number of hydrogen-bond donors (Lipinski definition) is 3. The lowest BCUT2D eigenvalue weighted by molar-refractivity contribution is -0.122. The number of nitrogens with one attached hydrogen (secondary N) is 2. The average Bonchev–Trinajstić information content (AvgIpc) is 3.52. The van der Waals surface area contributed by atoms with Gasteiger partial charge >= 0.3 is 0 Å². The number of anilines is 1. The number of carbonyl (C=O) groups excluding carboxylic acids is 1. The zero-order valence-corrected chi connectivity index (χ0v) is 17.5. The number of aromatic nitrogens is 2. The van der Waals surface area contributed by atoms with Crippen LogP contribution in [0.3, 0.4) is 0 Å². The molecule has 6 nitrogen and oxygen atoms in total. The highest BCUT2D eigenvalue weighted by Gasteiger charge is 2.43. The van der Waals surface area contributed by atoms with Crippen LogP contribution >= 0.6 is 0 Å². The second-order valence-electron chi connectivity index (χ2n) is 8.03. The molecule has 160 valence electrons. The van der Waals surface area contributed by atoms with Gasteiger partial charge in [0.1, 0.15) is 11.5 Å². The number of ether oxygens (including phenoxy) is 1. The Morgan fingerprint density at radius 2 is 1.72 bits per heavy atom. The number of nitrogen functional groups attached to an aromatic ring is 1. The average molecular weight is 425 g/mol. The number of amides is 1. The van der Waals surface area contributed by atoms with Gasteiger partial charge in [0.25, 0.3) is 0 Å². The summed E-state index contributed by atoms with van der Waals surface area (Å²) in [6, 6.07) is 25.7. The van der Waals surface area contributed by atoms with Gasteiger partial charge < -0.3 is 20.8 Å². The molecule has 1 aliphatic carbocycles. The number of nitrogens with zero attached hydrogens (tertiary/aromatic N) is 1. The van der Waals surface area contributed by atoms with E-state index in [0.29, 0.717) is 12.5 Å². The molecule has 4 N–H and O–H groups in total. The van der Waals surface area contributed by atoms with Gasteiger partial charge in [-0.1, -0.05) is 54.6 Å². The first-order chi connectivity index (χ1) is 15.7. The van der Waals surface area contributed by atoms with Crippen molar-refractivity contribution < 1.29 is 9.53 Å². The summed E-state index contributed by atoms with van der Waals surface area (Å²) in [6.45, 7) is 0.511. The lowest BCUT2D eigenvalue weighted by atomic mass is 10.1. The van der Waals surface area contributed by atoms with E-state index in [2.05, 4.69) is 27.4 Å². The first-order valence-electron chi connectivity index (χ1n) is 10.7. The van der Waals surface area contributed by atoms with E-state index < -0.39 is 0 Å². The molecule has 4 aromatic rings. The van der Waals surface area contributed by atoms with Gasteiger partial charge in [-0.2, -0.15) is 0 Å². The van der Waals surface area contributed by atoms with Crippen molar-refractivity contribution in [3.8, 4) is 22.8 Å².